The highest BCUT2D eigenvalue weighted by atomic mass is 35.5. The van der Waals surface area contributed by atoms with Crippen LogP contribution >= 0.6 is 11.6 Å². The summed E-state index contributed by atoms with van der Waals surface area (Å²) in [4.78, 5) is 10.7. The fourth-order valence-electron chi connectivity index (χ4n) is 2.22. The summed E-state index contributed by atoms with van der Waals surface area (Å²) in [5.74, 6) is -0.705. The van der Waals surface area contributed by atoms with E-state index < -0.39 is 12.6 Å². The van der Waals surface area contributed by atoms with E-state index in [2.05, 4.69) is 5.10 Å². The quantitative estimate of drug-likeness (QED) is 0.785. The van der Waals surface area contributed by atoms with Crippen LogP contribution in [0.5, 0.6) is 5.88 Å². The van der Waals surface area contributed by atoms with E-state index in [0.29, 0.717) is 17.4 Å². The lowest BCUT2D eigenvalue weighted by atomic mass is 10.2. The normalized spacial score (nSPS) is 10.8. The molecule has 0 saturated heterocycles. The fourth-order valence-corrected chi connectivity index (χ4v) is 2.34. The molecule has 3 rings (SSSR count). The highest BCUT2D eigenvalue weighted by molar-refractivity contribution is 6.30. The number of halogens is 1. The molecule has 0 spiro atoms. The van der Waals surface area contributed by atoms with Crippen molar-refractivity contribution in [1.29, 1.82) is 0 Å². The average molecular weight is 317 g/mol. The van der Waals surface area contributed by atoms with Gasteiger partial charge in [0.15, 0.2) is 6.61 Å². The van der Waals surface area contributed by atoms with Gasteiger partial charge in [0.2, 0.25) is 5.88 Å². The van der Waals surface area contributed by atoms with Crippen LogP contribution in [0.15, 0.2) is 48.5 Å². The number of carboxylic acid groups (broad SMARTS) is 1. The van der Waals surface area contributed by atoms with Crippen molar-refractivity contribution in [2.24, 2.45) is 0 Å². The van der Waals surface area contributed by atoms with Crippen LogP contribution < -0.4 is 4.74 Å². The predicted molar refractivity (Wildman–Crippen MR) is 83.4 cm³/mol. The van der Waals surface area contributed by atoms with E-state index in [0.717, 1.165) is 16.5 Å². The van der Waals surface area contributed by atoms with Crippen LogP contribution in [0.2, 0.25) is 5.02 Å². The molecule has 0 aliphatic rings. The van der Waals surface area contributed by atoms with E-state index in [-0.39, 0.29) is 0 Å². The van der Waals surface area contributed by atoms with Crippen LogP contribution in [0.25, 0.3) is 10.9 Å². The molecular weight excluding hydrogens is 304 g/mol. The zero-order valence-electron chi connectivity index (χ0n) is 11.6. The molecule has 0 aliphatic carbocycles. The number of aromatic nitrogens is 2. The van der Waals surface area contributed by atoms with Gasteiger partial charge in [-0.25, -0.2) is 4.79 Å². The van der Waals surface area contributed by atoms with Gasteiger partial charge in [-0.1, -0.05) is 35.9 Å². The Labute approximate surface area is 131 Å². The molecule has 1 heterocycles. The monoisotopic (exact) mass is 316 g/mol. The first kappa shape index (κ1) is 14.4. The van der Waals surface area contributed by atoms with Gasteiger partial charge in [-0.05, 0) is 29.8 Å². The van der Waals surface area contributed by atoms with E-state index in [1.165, 1.54) is 0 Å². The number of para-hydroxylation sites is 1. The van der Waals surface area contributed by atoms with E-state index in [1.807, 2.05) is 48.5 Å². The molecule has 0 atom stereocenters. The molecule has 2 aromatic carbocycles. The van der Waals surface area contributed by atoms with Gasteiger partial charge in [0.05, 0.1) is 17.4 Å². The van der Waals surface area contributed by atoms with Crippen LogP contribution in [0.3, 0.4) is 0 Å². The lowest BCUT2D eigenvalue weighted by molar-refractivity contribution is -0.139. The molecular formula is C16H13ClN2O3. The maximum atomic E-state index is 10.7. The Balaban J connectivity index is 1.95. The molecule has 0 aliphatic heterocycles. The van der Waals surface area contributed by atoms with Crippen molar-refractivity contribution in [3.05, 3.63) is 59.1 Å². The summed E-state index contributed by atoms with van der Waals surface area (Å²) in [5, 5.41) is 14.6. The molecule has 3 aromatic rings. The van der Waals surface area contributed by atoms with Crippen molar-refractivity contribution in [1.82, 2.24) is 9.78 Å². The number of carboxylic acids is 1. The van der Waals surface area contributed by atoms with Crippen LogP contribution in [-0.4, -0.2) is 27.5 Å². The lowest BCUT2D eigenvalue weighted by Crippen LogP contribution is -2.10. The number of rotatable bonds is 5. The van der Waals surface area contributed by atoms with Crippen molar-refractivity contribution in [2.45, 2.75) is 6.54 Å². The van der Waals surface area contributed by atoms with Crippen molar-refractivity contribution in [3.63, 3.8) is 0 Å². The van der Waals surface area contributed by atoms with Crippen LogP contribution in [0, 0.1) is 0 Å². The SMILES string of the molecule is O=C(O)COc1nn(Cc2ccc(Cl)cc2)c2ccccc12. The summed E-state index contributed by atoms with van der Waals surface area (Å²) in [6.45, 7) is 0.135. The number of hydrogen-bond donors (Lipinski definition) is 1. The van der Waals surface area contributed by atoms with E-state index in [1.54, 1.807) is 4.68 Å². The number of fused-ring (bicyclic) bond motifs is 1. The van der Waals surface area contributed by atoms with Crippen molar-refractivity contribution in [3.8, 4) is 5.88 Å². The molecule has 1 N–H and O–H groups in total. The van der Waals surface area contributed by atoms with Crippen LogP contribution in [-0.2, 0) is 11.3 Å². The predicted octanol–water partition coefficient (Wildman–Crippen LogP) is 3.20. The molecule has 5 nitrogen and oxygen atoms in total. The zero-order valence-corrected chi connectivity index (χ0v) is 12.3. The number of hydrogen-bond acceptors (Lipinski definition) is 3. The van der Waals surface area contributed by atoms with Gasteiger partial charge < -0.3 is 9.84 Å². The molecule has 0 amide bonds. The standard InChI is InChI=1S/C16H13ClN2O3/c17-12-7-5-11(6-8-12)9-19-14-4-2-1-3-13(14)16(18-19)22-10-15(20)21/h1-8H,9-10H2,(H,20,21). The number of benzene rings is 2. The van der Waals surface area contributed by atoms with Gasteiger partial charge in [-0.2, -0.15) is 0 Å². The number of nitrogens with zero attached hydrogens (tertiary/aromatic N) is 2. The highest BCUT2D eigenvalue weighted by Gasteiger charge is 2.12. The summed E-state index contributed by atoms with van der Waals surface area (Å²) >= 11 is 5.89. The van der Waals surface area contributed by atoms with Gasteiger partial charge in [-0.3, -0.25) is 4.68 Å². The first-order valence-corrected chi connectivity index (χ1v) is 7.06. The van der Waals surface area contributed by atoms with E-state index in [9.17, 15) is 4.79 Å². The minimum absolute atomic E-state index is 0.326. The van der Waals surface area contributed by atoms with Crippen molar-refractivity contribution < 1.29 is 14.6 Å². The van der Waals surface area contributed by atoms with Gasteiger partial charge >= 0.3 is 5.97 Å². The summed E-state index contributed by atoms with van der Waals surface area (Å²) in [6, 6.07) is 15.1. The maximum Gasteiger partial charge on any atom is 0.341 e. The van der Waals surface area contributed by atoms with Crippen LogP contribution in [0.4, 0.5) is 0 Å². The maximum absolute atomic E-state index is 10.7. The second-order valence-corrected chi connectivity index (χ2v) is 5.23. The summed E-state index contributed by atoms with van der Waals surface area (Å²) < 4.78 is 7.05. The first-order chi connectivity index (χ1) is 10.6. The number of ether oxygens (including phenoxy) is 1. The summed E-state index contributed by atoms with van der Waals surface area (Å²) in [6.07, 6.45) is 0. The average Bonchev–Trinajstić information content (AvgIpc) is 2.86. The lowest BCUT2D eigenvalue weighted by Gasteiger charge is -2.03. The van der Waals surface area contributed by atoms with Gasteiger partial charge in [0.1, 0.15) is 0 Å². The third-order valence-electron chi connectivity index (χ3n) is 3.20. The number of carbonyl (C=O) groups is 1. The molecule has 0 fully saturated rings. The van der Waals surface area contributed by atoms with Crippen LogP contribution in [0.1, 0.15) is 5.56 Å². The minimum Gasteiger partial charge on any atom is -0.479 e. The Hall–Kier alpha value is -2.53. The fraction of sp³-hybridized carbons (Fsp3) is 0.125. The Kier molecular flexibility index (Phi) is 3.98. The largest absolute Gasteiger partial charge is 0.479 e. The second-order valence-electron chi connectivity index (χ2n) is 4.79. The molecule has 0 bridgehead atoms. The molecule has 112 valence electrons. The van der Waals surface area contributed by atoms with Gasteiger partial charge in [-0.15, -0.1) is 5.10 Å². The molecule has 22 heavy (non-hydrogen) atoms. The minimum atomic E-state index is -1.03. The van der Waals surface area contributed by atoms with E-state index in [4.69, 9.17) is 21.4 Å². The first-order valence-electron chi connectivity index (χ1n) is 6.68. The van der Waals surface area contributed by atoms with Gasteiger partial charge in [0, 0.05) is 5.02 Å². The highest BCUT2D eigenvalue weighted by Crippen LogP contribution is 2.25. The van der Waals surface area contributed by atoms with E-state index >= 15 is 0 Å². The Morgan fingerprint density at radius 1 is 1.18 bits per heavy atom. The second kappa shape index (κ2) is 6.07. The molecule has 1 aromatic heterocycles. The summed E-state index contributed by atoms with van der Waals surface area (Å²) in [5.41, 5.74) is 1.93. The molecule has 0 unspecified atom stereocenters. The van der Waals surface area contributed by atoms with Crippen molar-refractivity contribution >= 4 is 28.5 Å². The number of aliphatic carboxylic acids is 1. The topological polar surface area (TPSA) is 64.3 Å². The molecule has 0 radical (unpaired) electrons. The summed E-state index contributed by atoms with van der Waals surface area (Å²) in [7, 11) is 0. The Morgan fingerprint density at radius 2 is 1.91 bits per heavy atom. The molecule has 0 saturated carbocycles. The molecule has 6 heteroatoms. The Morgan fingerprint density at radius 3 is 2.64 bits per heavy atom. The van der Waals surface area contributed by atoms with Crippen molar-refractivity contribution in [2.75, 3.05) is 6.61 Å². The third-order valence-corrected chi connectivity index (χ3v) is 3.45. The smallest absolute Gasteiger partial charge is 0.341 e. The Bertz CT molecular complexity index is 812. The third kappa shape index (κ3) is 3.04. The zero-order chi connectivity index (χ0) is 15.5. The van der Waals surface area contributed by atoms with Gasteiger partial charge in [0.25, 0.3) is 0 Å².